The van der Waals surface area contributed by atoms with Gasteiger partial charge in [-0.25, -0.2) is 0 Å². The molecule has 0 N–H and O–H groups in total. The molecular weight excluding hydrogens is 294 g/mol. The third kappa shape index (κ3) is 2.50. The molecular formula is C22H19NO. The van der Waals surface area contributed by atoms with Crippen molar-refractivity contribution in [3.63, 3.8) is 0 Å². The monoisotopic (exact) mass is 313 g/mol. The van der Waals surface area contributed by atoms with Crippen LogP contribution in [-0.2, 0) is 11.3 Å². The molecule has 118 valence electrons. The van der Waals surface area contributed by atoms with Crippen LogP contribution in [0.3, 0.4) is 0 Å². The van der Waals surface area contributed by atoms with Gasteiger partial charge in [-0.3, -0.25) is 4.79 Å². The van der Waals surface area contributed by atoms with Crippen LogP contribution in [0, 0.1) is 6.92 Å². The molecule has 0 fully saturated rings. The zero-order valence-corrected chi connectivity index (χ0v) is 13.6. The third-order valence-electron chi connectivity index (χ3n) is 4.65. The first-order chi connectivity index (χ1) is 11.7. The Labute approximate surface area is 142 Å². The quantitative estimate of drug-likeness (QED) is 0.688. The number of carbonyl (C=O) groups is 1. The summed E-state index contributed by atoms with van der Waals surface area (Å²) in [6.07, 6.45) is 0. The fraction of sp³-hybridized carbons (Fsp3) is 0.136. The van der Waals surface area contributed by atoms with Gasteiger partial charge in [0.15, 0.2) is 0 Å². The minimum absolute atomic E-state index is 0.156. The number of carbonyl (C=O) groups excluding carboxylic acids is 1. The number of anilines is 1. The summed E-state index contributed by atoms with van der Waals surface area (Å²) in [5.74, 6) is -0.0468. The van der Waals surface area contributed by atoms with Gasteiger partial charge in [-0.05, 0) is 29.7 Å². The summed E-state index contributed by atoms with van der Waals surface area (Å²) in [6, 6.07) is 26.6. The van der Waals surface area contributed by atoms with E-state index >= 15 is 0 Å². The number of para-hydroxylation sites is 1. The summed E-state index contributed by atoms with van der Waals surface area (Å²) >= 11 is 0. The van der Waals surface area contributed by atoms with Crippen LogP contribution in [0.2, 0.25) is 0 Å². The van der Waals surface area contributed by atoms with Gasteiger partial charge in [0, 0.05) is 5.69 Å². The Kier molecular flexibility index (Phi) is 3.66. The minimum atomic E-state index is -0.203. The van der Waals surface area contributed by atoms with Crippen molar-refractivity contribution in [1.29, 1.82) is 0 Å². The van der Waals surface area contributed by atoms with E-state index in [1.54, 1.807) is 0 Å². The van der Waals surface area contributed by atoms with E-state index in [0.29, 0.717) is 6.54 Å². The summed E-state index contributed by atoms with van der Waals surface area (Å²) in [7, 11) is 0. The average Bonchev–Trinajstić information content (AvgIpc) is 2.89. The Hall–Kier alpha value is -2.87. The topological polar surface area (TPSA) is 20.3 Å². The highest BCUT2D eigenvalue weighted by Gasteiger charge is 2.37. The number of fused-ring (bicyclic) bond motifs is 1. The number of benzene rings is 3. The summed E-state index contributed by atoms with van der Waals surface area (Å²) in [4.78, 5) is 15.1. The number of hydrogen-bond acceptors (Lipinski definition) is 1. The summed E-state index contributed by atoms with van der Waals surface area (Å²) in [5.41, 5.74) is 5.54. The normalized spacial score (nSPS) is 16.3. The fourth-order valence-electron chi connectivity index (χ4n) is 3.40. The lowest BCUT2D eigenvalue weighted by atomic mass is 9.92. The van der Waals surface area contributed by atoms with Gasteiger partial charge in [0.1, 0.15) is 0 Å². The standard InChI is InChI=1S/C22H19NO/c1-16-11-13-18(14-12-16)21-19-9-5-6-10-20(19)23(22(21)24)15-17-7-3-2-4-8-17/h2-14,21H,15H2,1H3. The van der Waals surface area contributed by atoms with Crippen molar-refractivity contribution in [2.45, 2.75) is 19.4 Å². The van der Waals surface area contributed by atoms with Crippen LogP contribution in [0.1, 0.15) is 28.2 Å². The molecule has 2 heteroatoms. The first kappa shape index (κ1) is 14.7. The van der Waals surface area contributed by atoms with Gasteiger partial charge in [0.05, 0.1) is 12.5 Å². The van der Waals surface area contributed by atoms with E-state index in [1.807, 2.05) is 41.3 Å². The molecule has 1 aliphatic rings. The van der Waals surface area contributed by atoms with E-state index < -0.39 is 0 Å². The molecule has 4 rings (SSSR count). The Morgan fingerprint density at radius 1 is 0.833 bits per heavy atom. The van der Waals surface area contributed by atoms with Gasteiger partial charge in [0.2, 0.25) is 5.91 Å². The maximum atomic E-state index is 13.2. The molecule has 1 unspecified atom stereocenters. The Morgan fingerprint density at radius 3 is 2.25 bits per heavy atom. The molecule has 0 spiro atoms. The largest absolute Gasteiger partial charge is 0.307 e. The van der Waals surface area contributed by atoms with Gasteiger partial charge < -0.3 is 4.90 Å². The van der Waals surface area contributed by atoms with Gasteiger partial charge >= 0.3 is 0 Å². The molecule has 1 aliphatic heterocycles. The van der Waals surface area contributed by atoms with Crippen molar-refractivity contribution in [2.75, 3.05) is 4.90 Å². The summed E-state index contributed by atoms with van der Waals surface area (Å²) in [6.45, 7) is 2.68. The van der Waals surface area contributed by atoms with Gasteiger partial charge in [0.25, 0.3) is 0 Å². The SMILES string of the molecule is Cc1ccc(C2C(=O)N(Cc3ccccc3)c3ccccc32)cc1. The first-order valence-electron chi connectivity index (χ1n) is 8.25. The van der Waals surface area contributed by atoms with E-state index in [-0.39, 0.29) is 11.8 Å². The zero-order valence-electron chi connectivity index (χ0n) is 13.6. The second-order valence-electron chi connectivity index (χ2n) is 6.31. The van der Waals surface area contributed by atoms with E-state index in [9.17, 15) is 4.79 Å². The van der Waals surface area contributed by atoms with Gasteiger partial charge in [-0.2, -0.15) is 0 Å². The number of rotatable bonds is 3. The van der Waals surface area contributed by atoms with Gasteiger partial charge in [-0.1, -0.05) is 78.4 Å². The molecule has 1 heterocycles. The second-order valence-corrected chi connectivity index (χ2v) is 6.31. The van der Waals surface area contributed by atoms with Crippen molar-refractivity contribution in [3.05, 3.63) is 101 Å². The molecule has 3 aromatic carbocycles. The lowest BCUT2D eigenvalue weighted by molar-refractivity contribution is -0.118. The molecule has 3 aromatic rings. The third-order valence-corrected chi connectivity index (χ3v) is 4.65. The smallest absolute Gasteiger partial charge is 0.239 e. The number of nitrogens with zero attached hydrogens (tertiary/aromatic N) is 1. The molecule has 0 radical (unpaired) electrons. The Balaban J connectivity index is 1.75. The number of hydrogen-bond donors (Lipinski definition) is 0. The van der Waals surface area contributed by atoms with E-state index in [1.165, 1.54) is 5.56 Å². The fourth-order valence-corrected chi connectivity index (χ4v) is 3.40. The van der Waals surface area contributed by atoms with E-state index in [2.05, 4.69) is 49.4 Å². The van der Waals surface area contributed by atoms with Crippen molar-refractivity contribution < 1.29 is 4.79 Å². The van der Waals surface area contributed by atoms with E-state index in [0.717, 1.165) is 22.4 Å². The predicted molar refractivity (Wildman–Crippen MR) is 97.1 cm³/mol. The van der Waals surface area contributed by atoms with Crippen LogP contribution in [0.5, 0.6) is 0 Å². The van der Waals surface area contributed by atoms with Crippen LogP contribution < -0.4 is 4.90 Å². The van der Waals surface area contributed by atoms with Crippen LogP contribution >= 0.6 is 0 Å². The van der Waals surface area contributed by atoms with Crippen LogP contribution in [-0.4, -0.2) is 5.91 Å². The highest BCUT2D eigenvalue weighted by molar-refractivity contribution is 6.06. The highest BCUT2D eigenvalue weighted by Crippen LogP contribution is 2.41. The summed E-state index contributed by atoms with van der Waals surface area (Å²) < 4.78 is 0. The lowest BCUT2D eigenvalue weighted by Crippen LogP contribution is -2.28. The highest BCUT2D eigenvalue weighted by atomic mass is 16.2. The molecule has 1 atom stereocenters. The number of aryl methyl sites for hydroxylation is 1. The molecule has 24 heavy (non-hydrogen) atoms. The minimum Gasteiger partial charge on any atom is -0.307 e. The molecule has 2 nitrogen and oxygen atoms in total. The average molecular weight is 313 g/mol. The van der Waals surface area contributed by atoms with Crippen LogP contribution in [0.25, 0.3) is 0 Å². The molecule has 1 amide bonds. The second kappa shape index (κ2) is 5.97. The van der Waals surface area contributed by atoms with Crippen molar-refractivity contribution in [2.24, 2.45) is 0 Å². The molecule has 0 bridgehead atoms. The Morgan fingerprint density at radius 2 is 1.50 bits per heavy atom. The predicted octanol–water partition coefficient (Wildman–Crippen LogP) is 4.67. The molecule has 0 aliphatic carbocycles. The van der Waals surface area contributed by atoms with Crippen LogP contribution in [0.15, 0.2) is 78.9 Å². The first-order valence-corrected chi connectivity index (χ1v) is 8.25. The zero-order chi connectivity index (χ0) is 16.5. The maximum absolute atomic E-state index is 13.2. The molecule has 0 saturated carbocycles. The lowest BCUT2D eigenvalue weighted by Gasteiger charge is -2.18. The van der Waals surface area contributed by atoms with Crippen LogP contribution in [0.4, 0.5) is 5.69 Å². The van der Waals surface area contributed by atoms with E-state index in [4.69, 9.17) is 0 Å². The maximum Gasteiger partial charge on any atom is 0.239 e. The Bertz CT molecular complexity index is 868. The molecule has 0 aromatic heterocycles. The van der Waals surface area contributed by atoms with Gasteiger partial charge in [-0.15, -0.1) is 0 Å². The van der Waals surface area contributed by atoms with Crippen molar-refractivity contribution in [3.8, 4) is 0 Å². The number of amides is 1. The van der Waals surface area contributed by atoms with Crippen molar-refractivity contribution >= 4 is 11.6 Å². The van der Waals surface area contributed by atoms with Crippen molar-refractivity contribution in [1.82, 2.24) is 0 Å². The summed E-state index contributed by atoms with van der Waals surface area (Å²) in [5, 5.41) is 0. The molecule has 0 saturated heterocycles.